The SMILES string of the molecule is CCCCCCCCC(P)=C(CCCCCCCC)CCCCCCCC. The standard InChI is InChI=1S/C26H53P/c1-4-7-10-13-16-19-22-25(23-20-17-14-11-8-5-2)26(27)24-21-18-15-12-9-6-3/h4-24,27H2,1-3H3. The molecule has 0 amide bonds. The first-order valence-electron chi connectivity index (χ1n) is 12.7. The van der Waals surface area contributed by atoms with E-state index in [-0.39, 0.29) is 0 Å². The van der Waals surface area contributed by atoms with E-state index in [1.54, 1.807) is 10.9 Å². The van der Waals surface area contributed by atoms with Crippen LogP contribution in [0.15, 0.2) is 10.9 Å². The van der Waals surface area contributed by atoms with E-state index < -0.39 is 0 Å². The van der Waals surface area contributed by atoms with Gasteiger partial charge in [-0.15, -0.1) is 9.24 Å². The number of hydrogen-bond acceptors (Lipinski definition) is 0. The van der Waals surface area contributed by atoms with Crippen molar-refractivity contribution in [1.29, 1.82) is 0 Å². The van der Waals surface area contributed by atoms with Gasteiger partial charge < -0.3 is 0 Å². The zero-order valence-electron chi connectivity index (χ0n) is 19.4. The van der Waals surface area contributed by atoms with E-state index >= 15 is 0 Å². The maximum Gasteiger partial charge on any atom is -0.0280 e. The highest BCUT2D eigenvalue weighted by Crippen LogP contribution is 2.28. The van der Waals surface area contributed by atoms with Crippen LogP contribution in [0.4, 0.5) is 0 Å². The summed E-state index contributed by atoms with van der Waals surface area (Å²) in [6.45, 7) is 6.93. The average molecular weight is 397 g/mol. The topological polar surface area (TPSA) is 0 Å². The molecule has 0 rings (SSSR count). The first-order chi connectivity index (χ1) is 13.3. The minimum Gasteiger partial charge on any atom is -0.110 e. The maximum absolute atomic E-state index is 3.14. The van der Waals surface area contributed by atoms with Crippen LogP contribution in [-0.4, -0.2) is 0 Å². The third-order valence-corrected chi connectivity index (χ3v) is 6.61. The van der Waals surface area contributed by atoms with Gasteiger partial charge in [0.05, 0.1) is 0 Å². The average Bonchev–Trinajstić information content (AvgIpc) is 2.68. The molecule has 0 heterocycles. The second kappa shape index (κ2) is 22.5. The van der Waals surface area contributed by atoms with E-state index in [1.807, 2.05) is 0 Å². The Morgan fingerprint density at radius 1 is 0.407 bits per heavy atom. The van der Waals surface area contributed by atoms with Gasteiger partial charge in [0.15, 0.2) is 0 Å². The van der Waals surface area contributed by atoms with Crippen LogP contribution in [0.3, 0.4) is 0 Å². The van der Waals surface area contributed by atoms with E-state index in [4.69, 9.17) is 0 Å². The summed E-state index contributed by atoms with van der Waals surface area (Å²) in [5, 5.41) is 1.67. The van der Waals surface area contributed by atoms with Gasteiger partial charge in [-0.3, -0.25) is 0 Å². The molecule has 27 heavy (non-hydrogen) atoms. The van der Waals surface area contributed by atoms with E-state index in [2.05, 4.69) is 30.0 Å². The van der Waals surface area contributed by atoms with Crippen molar-refractivity contribution in [3.8, 4) is 0 Å². The third kappa shape index (κ3) is 19.3. The highest BCUT2D eigenvalue weighted by atomic mass is 31.0. The summed E-state index contributed by atoms with van der Waals surface area (Å²) >= 11 is 0. The van der Waals surface area contributed by atoms with Crippen LogP contribution >= 0.6 is 9.24 Å². The predicted molar refractivity (Wildman–Crippen MR) is 131 cm³/mol. The Balaban J connectivity index is 4.16. The second-order valence-electron chi connectivity index (χ2n) is 8.68. The first kappa shape index (κ1) is 27.2. The molecule has 162 valence electrons. The summed E-state index contributed by atoms with van der Waals surface area (Å²) < 4.78 is 0. The molecule has 1 heteroatoms. The quantitative estimate of drug-likeness (QED) is 0.134. The lowest BCUT2D eigenvalue weighted by atomic mass is 9.97. The minimum atomic E-state index is 1.33. The maximum atomic E-state index is 3.14. The zero-order chi connectivity index (χ0) is 20.0. The molecule has 1 atom stereocenters. The molecule has 0 spiro atoms. The number of unbranched alkanes of at least 4 members (excludes halogenated alkanes) is 15. The van der Waals surface area contributed by atoms with Crippen LogP contribution in [0.1, 0.15) is 156 Å². The molecule has 0 bridgehead atoms. The van der Waals surface area contributed by atoms with Gasteiger partial charge in [-0.05, 0) is 38.5 Å². The van der Waals surface area contributed by atoms with Gasteiger partial charge in [0.2, 0.25) is 0 Å². The predicted octanol–water partition coefficient (Wildman–Crippen LogP) is 10.4. The molecule has 0 aromatic rings. The molecule has 0 aromatic carbocycles. The Labute approximate surface area is 176 Å². The van der Waals surface area contributed by atoms with E-state index in [9.17, 15) is 0 Å². The number of rotatable bonds is 21. The lowest BCUT2D eigenvalue weighted by Gasteiger charge is -2.13. The number of hydrogen-bond donors (Lipinski definition) is 0. The van der Waals surface area contributed by atoms with Crippen LogP contribution in [0, 0.1) is 0 Å². The first-order valence-corrected chi connectivity index (χ1v) is 13.3. The van der Waals surface area contributed by atoms with Crippen molar-refractivity contribution in [3.63, 3.8) is 0 Å². The Kier molecular flexibility index (Phi) is 22.6. The fourth-order valence-corrected chi connectivity index (χ4v) is 4.45. The second-order valence-corrected chi connectivity index (χ2v) is 9.38. The Morgan fingerprint density at radius 3 is 1.07 bits per heavy atom. The third-order valence-electron chi connectivity index (χ3n) is 5.92. The number of allylic oxidation sites excluding steroid dienone is 2. The highest BCUT2D eigenvalue weighted by Gasteiger charge is 2.05. The van der Waals surface area contributed by atoms with Gasteiger partial charge in [0, 0.05) is 0 Å². The van der Waals surface area contributed by atoms with Crippen LogP contribution in [0.5, 0.6) is 0 Å². The molecule has 0 N–H and O–H groups in total. The lowest BCUT2D eigenvalue weighted by Crippen LogP contribution is -1.92. The molecule has 0 saturated heterocycles. The summed E-state index contributed by atoms with van der Waals surface area (Å²) in [7, 11) is 3.14. The molecular weight excluding hydrogens is 343 g/mol. The van der Waals surface area contributed by atoms with Gasteiger partial charge >= 0.3 is 0 Å². The van der Waals surface area contributed by atoms with Crippen molar-refractivity contribution in [3.05, 3.63) is 10.9 Å². The van der Waals surface area contributed by atoms with Crippen molar-refractivity contribution in [2.45, 2.75) is 156 Å². The van der Waals surface area contributed by atoms with E-state index in [0.29, 0.717) is 0 Å². The Morgan fingerprint density at radius 2 is 0.704 bits per heavy atom. The molecule has 0 fully saturated rings. The van der Waals surface area contributed by atoms with Crippen LogP contribution in [-0.2, 0) is 0 Å². The van der Waals surface area contributed by atoms with Crippen molar-refractivity contribution < 1.29 is 0 Å². The molecular formula is C26H53P. The van der Waals surface area contributed by atoms with Gasteiger partial charge in [-0.2, -0.15) is 0 Å². The molecule has 0 aromatic heterocycles. The van der Waals surface area contributed by atoms with Crippen molar-refractivity contribution in [2.24, 2.45) is 0 Å². The van der Waals surface area contributed by atoms with Gasteiger partial charge in [-0.1, -0.05) is 128 Å². The van der Waals surface area contributed by atoms with Gasteiger partial charge in [0.25, 0.3) is 0 Å². The highest BCUT2D eigenvalue weighted by molar-refractivity contribution is 7.22. The van der Waals surface area contributed by atoms with E-state index in [1.165, 1.54) is 135 Å². The molecule has 0 radical (unpaired) electrons. The smallest absolute Gasteiger partial charge is 0.0280 e. The zero-order valence-corrected chi connectivity index (χ0v) is 20.6. The molecule has 0 nitrogen and oxygen atoms in total. The van der Waals surface area contributed by atoms with Gasteiger partial charge in [-0.25, -0.2) is 0 Å². The summed E-state index contributed by atoms with van der Waals surface area (Å²) in [5.41, 5.74) is 1.81. The van der Waals surface area contributed by atoms with Crippen LogP contribution in [0.25, 0.3) is 0 Å². The van der Waals surface area contributed by atoms with Gasteiger partial charge in [0.1, 0.15) is 0 Å². The fourth-order valence-electron chi connectivity index (χ4n) is 3.96. The summed E-state index contributed by atoms with van der Waals surface area (Å²) in [4.78, 5) is 0. The molecule has 0 saturated carbocycles. The lowest BCUT2D eigenvalue weighted by molar-refractivity contribution is 0.578. The fraction of sp³-hybridized carbons (Fsp3) is 0.923. The minimum absolute atomic E-state index is 1.33. The monoisotopic (exact) mass is 396 g/mol. The van der Waals surface area contributed by atoms with Crippen LogP contribution in [0.2, 0.25) is 0 Å². The normalized spacial score (nSPS) is 11.1. The molecule has 1 unspecified atom stereocenters. The Bertz CT molecular complexity index is 300. The summed E-state index contributed by atoms with van der Waals surface area (Å²) in [6, 6.07) is 0. The van der Waals surface area contributed by atoms with Crippen molar-refractivity contribution in [1.82, 2.24) is 0 Å². The summed E-state index contributed by atoms with van der Waals surface area (Å²) in [6.07, 6.45) is 29.6. The molecule has 0 aliphatic heterocycles. The Hall–Kier alpha value is 0.170. The molecule has 0 aliphatic rings. The van der Waals surface area contributed by atoms with Crippen molar-refractivity contribution >= 4 is 9.24 Å². The largest absolute Gasteiger partial charge is 0.110 e. The van der Waals surface area contributed by atoms with Crippen molar-refractivity contribution in [2.75, 3.05) is 0 Å². The van der Waals surface area contributed by atoms with Crippen LogP contribution < -0.4 is 0 Å². The van der Waals surface area contributed by atoms with E-state index in [0.717, 1.165) is 0 Å². The summed E-state index contributed by atoms with van der Waals surface area (Å²) in [5.74, 6) is 0. The molecule has 0 aliphatic carbocycles.